The lowest BCUT2D eigenvalue weighted by Gasteiger charge is -2.09. The molecule has 1 nitrogen and oxygen atoms in total. The molecule has 1 N–H and O–H groups in total. The molecule has 0 amide bonds. The van der Waals surface area contributed by atoms with Crippen LogP contribution < -0.4 is 5.32 Å². The van der Waals surface area contributed by atoms with Crippen molar-refractivity contribution in [2.45, 2.75) is 13.5 Å². The monoisotopic (exact) mass is 283 g/mol. The Balaban J connectivity index is 2.09. The van der Waals surface area contributed by atoms with E-state index < -0.39 is 0 Å². The van der Waals surface area contributed by atoms with E-state index >= 15 is 0 Å². The van der Waals surface area contributed by atoms with E-state index in [1.807, 2.05) is 12.1 Å². The lowest BCUT2D eigenvalue weighted by atomic mass is 10.1. The normalized spacial score (nSPS) is 10.4. The summed E-state index contributed by atoms with van der Waals surface area (Å²) < 4.78 is 13.1. The predicted octanol–water partition coefficient (Wildman–Crippen LogP) is 5.05. The van der Waals surface area contributed by atoms with Crippen LogP contribution in [0.1, 0.15) is 11.1 Å². The Bertz CT molecular complexity index is 570. The molecule has 0 heterocycles. The second kappa shape index (κ2) is 5.59. The lowest BCUT2D eigenvalue weighted by molar-refractivity contribution is 0.617. The Morgan fingerprint density at radius 1 is 1.11 bits per heavy atom. The smallest absolute Gasteiger partial charge is 0.126 e. The summed E-state index contributed by atoms with van der Waals surface area (Å²) in [5.41, 5.74) is 2.44. The average Bonchev–Trinajstić information content (AvgIpc) is 2.32. The summed E-state index contributed by atoms with van der Waals surface area (Å²) in [5, 5.41) is 4.36. The fraction of sp³-hybridized carbons (Fsp3) is 0.143. The molecule has 2 aromatic rings. The van der Waals surface area contributed by atoms with E-state index in [4.69, 9.17) is 23.2 Å². The van der Waals surface area contributed by atoms with E-state index in [0.717, 1.165) is 11.3 Å². The Morgan fingerprint density at radius 2 is 1.89 bits per heavy atom. The number of halogens is 3. The quantitative estimate of drug-likeness (QED) is 0.831. The molecule has 2 rings (SSSR count). The summed E-state index contributed by atoms with van der Waals surface area (Å²) in [4.78, 5) is 0. The first-order chi connectivity index (χ1) is 8.56. The van der Waals surface area contributed by atoms with Crippen molar-refractivity contribution in [2.24, 2.45) is 0 Å². The highest BCUT2D eigenvalue weighted by atomic mass is 35.5. The number of benzene rings is 2. The molecule has 0 radical (unpaired) electrons. The highest BCUT2D eigenvalue weighted by Gasteiger charge is 2.02. The Labute approximate surface area is 116 Å². The second-order valence-corrected chi connectivity index (χ2v) is 4.90. The van der Waals surface area contributed by atoms with E-state index in [2.05, 4.69) is 5.32 Å². The molecular formula is C14H12Cl2FN. The molecule has 0 bridgehead atoms. The van der Waals surface area contributed by atoms with Gasteiger partial charge in [0.25, 0.3) is 0 Å². The zero-order valence-corrected chi connectivity index (χ0v) is 11.3. The fourth-order valence-electron chi connectivity index (χ4n) is 1.65. The summed E-state index contributed by atoms with van der Waals surface area (Å²) >= 11 is 11.9. The van der Waals surface area contributed by atoms with Gasteiger partial charge in [-0.15, -0.1) is 0 Å². The van der Waals surface area contributed by atoms with Crippen molar-refractivity contribution in [2.75, 3.05) is 5.32 Å². The van der Waals surface area contributed by atoms with Crippen molar-refractivity contribution < 1.29 is 4.39 Å². The molecule has 0 aliphatic heterocycles. The summed E-state index contributed by atoms with van der Waals surface area (Å²) in [6.07, 6.45) is 0. The van der Waals surface area contributed by atoms with Gasteiger partial charge in [-0.2, -0.15) is 0 Å². The van der Waals surface area contributed by atoms with Crippen LogP contribution >= 0.6 is 23.2 Å². The Kier molecular flexibility index (Phi) is 4.10. The van der Waals surface area contributed by atoms with Gasteiger partial charge in [-0.1, -0.05) is 35.3 Å². The zero-order chi connectivity index (χ0) is 13.1. The van der Waals surface area contributed by atoms with Gasteiger partial charge in [0.1, 0.15) is 5.82 Å². The minimum Gasteiger partial charge on any atom is -0.380 e. The molecule has 0 fully saturated rings. The zero-order valence-electron chi connectivity index (χ0n) is 9.81. The molecular weight excluding hydrogens is 272 g/mol. The largest absolute Gasteiger partial charge is 0.380 e. The average molecular weight is 284 g/mol. The molecule has 4 heteroatoms. The van der Waals surface area contributed by atoms with Gasteiger partial charge >= 0.3 is 0 Å². The van der Waals surface area contributed by atoms with E-state index in [9.17, 15) is 4.39 Å². The molecule has 0 atom stereocenters. The topological polar surface area (TPSA) is 12.0 Å². The third-order valence-corrected chi connectivity index (χ3v) is 3.18. The standard InChI is InChI=1S/C14H12Cl2FN/c1-9-6-10(2-4-13(9)17)8-18-14-5-3-11(15)7-12(14)16/h2-7,18H,8H2,1H3. The molecule has 0 aromatic heterocycles. The number of nitrogens with one attached hydrogen (secondary N) is 1. The predicted molar refractivity (Wildman–Crippen MR) is 74.9 cm³/mol. The van der Waals surface area contributed by atoms with Crippen LogP contribution in [0.25, 0.3) is 0 Å². The van der Waals surface area contributed by atoms with E-state index in [-0.39, 0.29) is 5.82 Å². The van der Waals surface area contributed by atoms with Crippen LogP contribution in [0.3, 0.4) is 0 Å². The van der Waals surface area contributed by atoms with Crippen LogP contribution in [0, 0.1) is 12.7 Å². The van der Waals surface area contributed by atoms with Crippen LogP contribution in [-0.2, 0) is 6.54 Å². The third kappa shape index (κ3) is 3.15. The van der Waals surface area contributed by atoms with Crippen LogP contribution in [-0.4, -0.2) is 0 Å². The number of aryl methyl sites for hydroxylation is 1. The first-order valence-corrected chi connectivity index (χ1v) is 6.26. The minimum atomic E-state index is -0.191. The van der Waals surface area contributed by atoms with Crippen molar-refractivity contribution in [1.29, 1.82) is 0 Å². The maximum atomic E-state index is 13.1. The van der Waals surface area contributed by atoms with Crippen molar-refractivity contribution in [1.82, 2.24) is 0 Å². The molecule has 2 aromatic carbocycles. The first kappa shape index (κ1) is 13.2. The summed E-state index contributed by atoms with van der Waals surface area (Å²) in [6, 6.07) is 10.3. The molecule has 0 saturated heterocycles. The van der Waals surface area contributed by atoms with Crippen molar-refractivity contribution in [3.05, 3.63) is 63.4 Å². The highest BCUT2D eigenvalue weighted by Crippen LogP contribution is 2.25. The molecule has 0 spiro atoms. The Hall–Kier alpha value is -1.25. The van der Waals surface area contributed by atoms with Crippen LogP contribution in [0.2, 0.25) is 10.0 Å². The van der Waals surface area contributed by atoms with Crippen molar-refractivity contribution in [3.63, 3.8) is 0 Å². The summed E-state index contributed by atoms with van der Waals surface area (Å²) in [5.74, 6) is -0.191. The molecule has 0 unspecified atom stereocenters. The number of hydrogen-bond donors (Lipinski definition) is 1. The van der Waals surface area contributed by atoms with Gasteiger partial charge in [-0.05, 0) is 42.3 Å². The van der Waals surface area contributed by atoms with Gasteiger partial charge in [-0.25, -0.2) is 4.39 Å². The van der Waals surface area contributed by atoms with E-state index in [0.29, 0.717) is 22.2 Å². The SMILES string of the molecule is Cc1cc(CNc2ccc(Cl)cc2Cl)ccc1F. The Morgan fingerprint density at radius 3 is 2.56 bits per heavy atom. The molecule has 18 heavy (non-hydrogen) atoms. The fourth-order valence-corrected chi connectivity index (χ4v) is 2.12. The van der Waals surface area contributed by atoms with Crippen LogP contribution in [0.4, 0.5) is 10.1 Å². The molecule has 0 saturated carbocycles. The lowest BCUT2D eigenvalue weighted by Crippen LogP contribution is -2.00. The minimum absolute atomic E-state index is 0.191. The van der Waals surface area contributed by atoms with Crippen LogP contribution in [0.15, 0.2) is 36.4 Å². The third-order valence-electron chi connectivity index (χ3n) is 2.64. The van der Waals surface area contributed by atoms with Gasteiger partial charge in [0.2, 0.25) is 0 Å². The molecule has 0 aliphatic rings. The van der Waals surface area contributed by atoms with Gasteiger partial charge in [0, 0.05) is 11.6 Å². The van der Waals surface area contributed by atoms with Gasteiger partial charge in [0.05, 0.1) is 10.7 Å². The highest BCUT2D eigenvalue weighted by molar-refractivity contribution is 6.36. The first-order valence-electron chi connectivity index (χ1n) is 5.50. The maximum absolute atomic E-state index is 13.1. The van der Waals surface area contributed by atoms with Gasteiger partial charge in [0.15, 0.2) is 0 Å². The summed E-state index contributed by atoms with van der Waals surface area (Å²) in [6.45, 7) is 2.33. The van der Waals surface area contributed by atoms with Gasteiger partial charge in [-0.3, -0.25) is 0 Å². The number of rotatable bonds is 3. The number of anilines is 1. The van der Waals surface area contributed by atoms with E-state index in [1.54, 1.807) is 25.1 Å². The van der Waals surface area contributed by atoms with Crippen LogP contribution in [0.5, 0.6) is 0 Å². The maximum Gasteiger partial charge on any atom is 0.126 e. The van der Waals surface area contributed by atoms with Crippen molar-refractivity contribution in [3.8, 4) is 0 Å². The molecule has 94 valence electrons. The van der Waals surface area contributed by atoms with Crippen molar-refractivity contribution >= 4 is 28.9 Å². The second-order valence-electron chi connectivity index (χ2n) is 4.06. The number of hydrogen-bond acceptors (Lipinski definition) is 1. The van der Waals surface area contributed by atoms with E-state index in [1.165, 1.54) is 6.07 Å². The summed E-state index contributed by atoms with van der Waals surface area (Å²) in [7, 11) is 0. The van der Waals surface area contributed by atoms with Gasteiger partial charge < -0.3 is 5.32 Å². The molecule has 0 aliphatic carbocycles.